The van der Waals surface area contributed by atoms with Gasteiger partial charge in [0.1, 0.15) is 12.4 Å². The maximum absolute atomic E-state index is 13.6. The molecule has 0 spiro atoms. The number of cyclic esters (lactones) is 1. The molecule has 0 bridgehead atoms. The number of carbonyl (C=O) groups excluding carboxylic acids is 1. The van der Waals surface area contributed by atoms with Crippen molar-refractivity contribution in [2.45, 2.75) is 6.04 Å². The van der Waals surface area contributed by atoms with Crippen LogP contribution in [0.15, 0.2) is 12.1 Å². The third kappa shape index (κ3) is 1.87. The first-order valence-corrected chi connectivity index (χ1v) is 4.92. The Morgan fingerprint density at radius 1 is 1.40 bits per heavy atom. The van der Waals surface area contributed by atoms with Gasteiger partial charge in [-0.05, 0) is 12.1 Å². The highest BCUT2D eigenvalue weighted by Crippen LogP contribution is 2.32. The van der Waals surface area contributed by atoms with E-state index in [-0.39, 0.29) is 22.2 Å². The van der Waals surface area contributed by atoms with Crippen LogP contribution in [0.4, 0.5) is 9.18 Å². The van der Waals surface area contributed by atoms with Gasteiger partial charge in [0.2, 0.25) is 0 Å². The third-order valence-corrected chi connectivity index (χ3v) is 2.72. The molecule has 1 atom stereocenters. The minimum Gasteiger partial charge on any atom is -0.447 e. The van der Waals surface area contributed by atoms with E-state index >= 15 is 0 Å². The smallest absolute Gasteiger partial charge is 0.407 e. The van der Waals surface area contributed by atoms with E-state index in [4.69, 9.17) is 23.2 Å². The molecule has 2 rings (SSSR count). The highest BCUT2D eigenvalue weighted by Gasteiger charge is 2.29. The Labute approximate surface area is 95.1 Å². The summed E-state index contributed by atoms with van der Waals surface area (Å²) in [6.45, 7) is 0.0514. The number of benzene rings is 1. The molecule has 1 aromatic carbocycles. The molecule has 0 unspecified atom stereocenters. The molecule has 1 heterocycles. The number of amides is 1. The summed E-state index contributed by atoms with van der Waals surface area (Å²) >= 11 is 11.4. The maximum Gasteiger partial charge on any atom is 0.407 e. The van der Waals surface area contributed by atoms with Gasteiger partial charge >= 0.3 is 6.09 Å². The fourth-order valence-electron chi connectivity index (χ4n) is 1.40. The number of halogens is 3. The second-order valence-corrected chi connectivity index (χ2v) is 3.87. The number of hydrogen-bond donors (Lipinski definition) is 1. The summed E-state index contributed by atoms with van der Waals surface area (Å²) in [7, 11) is 0. The summed E-state index contributed by atoms with van der Waals surface area (Å²) < 4.78 is 18.3. The van der Waals surface area contributed by atoms with Gasteiger partial charge in [-0.3, -0.25) is 0 Å². The average Bonchev–Trinajstić information content (AvgIpc) is 2.59. The van der Waals surface area contributed by atoms with Gasteiger partial charge in [0.05, 0.1) is 11.1 Å². The molecule has 0 radical (unpaired) electrons. The highest BCUT2D eigenvalue weighted by molar-refractivity contribution is 6.33. The van der Waals surface area contributed by atoms with Crippen molar-refractivity contribution in [3.63, 3.8) is 0 Å². The van der Waals surface area contributed by atoms with Crippen LogP contribution in [-0.2, 0) is 4.74 Å². The molecule has 1 N–H and O–H groups in total. The number of carbonyl (C=O) groups is 1. The van der Waals surface area contributed by atoms with Crippen molar-refractivity contribution in [3.8, 4) is 0 Å². The van der Waals surface area contributed by atoms with E-state index in [1.165, 1.54) is 12.1 Å². The van der Waals surface area contributed by atoms with Gasteiger partial charge in [0.25, 0.3) is 0 Å². The monoisotopic (exact) mass is 249 g/mol. The summed E-state index contributed by atoms with van der Waals surface area (Å²) in [6, 6.07) is 2.26. The van der Waals surface area contributed by atoms with E-state index in [1.807, 2.05) is 0 Å². The highest BCUT2D eigenvalue weighted by atomic mass is 35.5. The summed E-state index contributed by atoms with van der Waals surface area (Å²) in [5.74, 6) is -0.625. The van der Waals surface area contributed by atoms with Gasteiger partial charge in [0, 0.05) is 10.6 Å². The molecule has 6 heteroatoms. The lowest BCUT2D eigenvalue weighted by Crippen LogP contribution is -2.19. The van der Waals surface area contributed by atoms with E-state index in [9.17, 15) is 9.18 Å². The third-order valence-electron chi connectivity index (χ3n) is 2.10. The molecule has 1 aliphatic heterocycles. The lowest BCUT2D eigenvalue weighted by atomic mass is 10.1. The van der Waals surface area contributed by atoms with Crippen molar-refractivity contribution in [1.29, 1.82) is 0 Å². The molecule has 1 aromatic rings. The topological polar surface area (TPSA) is 38.3 Å². The van der Waals surface area contributed by atoms with Crippen LogP contribution < -0.4 is 5.32 Å². The maximum atomic E-state index is 13.6. The first kappa shape index (κ1) is 10.5. The molecule has 0 saturated carbocycles. The Morgan fingerprint density at radius 3 is 2.67 bits per heavy atom. The molecule has 1 fully saturated rings. The van der Waals surface area contributed by atoms with Crippen LogP contribution >= 0.6 is 23.2 Å². The Morgan fingerprint density at radius 2 is 2.07 bits per heavy atom. The van der Waals surface area contributed by atoms with Gasteiger partial charge in [0.15, 0.2) is 0 Å². The predicted molar refractivity (Wildman–Crippen MR) is 53.6 cm³/mol. The fourth-order valence-corrected chi connectivity index (χ4v) is 1.84. The molecule has 1 saturated heterocycles. The molecule has 1 amide bonds. The average molecular weight is 250 g/mol. The second kappa shape index (κ2) is 3.87. The molecular weight excluding hydrogens is 244 g/mol. The Balaban J connectivity index is 2.43. The number of nitrogens with one attached hydrogen (secondary N) is 1. The fraction of sp³-hybridized carbons (Fsp3) is 0.222. The van der Waals surface area contributed by atoms with E-state index in [0.29, 0.717) is 0 Å². The largest absolute Gasteiger partial charge is 0.447 e. The zero-order valence-electron chi connectivity index (χ0n) is 7.39. The first-order chi connectivity index (χ1) is 7.09. The molecule has 15 heavy (non-hydrogen) atoms. The van der Waals surface area contributed by atoms with Crippen LogP contribution in [0, 0.1) is 5.82 Å². The summed E-state index contributed by atoms with van der Waals surface area (Å²) in [4.78, 5) is 10.8. The number of ether oxygens (including phenoxy) is 1. The van der Waals surface area contributed by atoms with Gasteiger partial charge in [-0.2, -0.15) is 0 Å². The van der Waals surface area contributed by atoms with Crippen LogP contribution in [0.5, 0.6) is 0 Å². The first-order valence-electron chi connectivity index (χ1n) is 4.16. The van der Waals surface area contributed by atoms with Gasteiger partial charge in [-0.1, -0.05) is 23.2 Å². The number of hydrogen-bond acceptors (Lipinski definition) is 2. The minimum atomic E-state index is -0.625. The Hall–Kier alpha value is -1.00. The molecule has 0 aromatic heterocycles. The Kier molecular flexibility index (Phi) is 2.71. The van der Waals surface area contributed by atoms with Crippen molar-refractivity contribution in [2.24, 2.45) is 0 Å². The minimum absolute atomic E-state index is 0.0319. The normalized spacial score (nSPS) is 19.9. The van der Waals surface area contributed by atoms with Crippen LogP contribution in [0.3, 0.4) is 0 Å². The van der Waals surface area contributed by atoms with E-state index in [2.05, 4.69) is 10.1 Å². The van der Waals surface area contributed by atoms with E-state index in [0.717, 1.165) is 0 Å². The molecular formula is C9H6Cl2FNO2. The second-order valence-electron chi connectivity index (χ2n) is 3.05. The van der Waals surface area contributed by atoms with Crippen molar-refractivity contribution in [1.82, 2.24) is 5.32 Å². The van der Waals surface area contributed by atoms with E-state index in [1.54, 1.807) is 0 Å². The van der Waals surface area contributed by atoms with Crippen LogP contribution in [0.25, 0.3) is 0 Å². The molecule has 0 aliphatic carbocycles. The number of rotatable bonds is 1. The molecule has 80 valence electrons. The lowest BCUT2D eigenvalue weighted by molar-refractivity contribution is 0.177. The van der Waals surface area contributed by atoms with Crippen molar-refractivity contribution in [2.75, 3.05) is 6.61 Å². The van der Waals surface area contributed by atoms with E-state index < -0.39 is 18.0 Å². The zero-order chi connectivity index (χ0) is 11.0. The zero-order valence-corrected chi connectivity index (χ0v) is 8.90. The number of alkyl carbamates (subject to hydrolysis) is 1. The van der Waals surface area contributed by atoms with Gasteiger partial charge in [-0.25, -0.2) is 9.18 Å². The van der Waals surface area contributed by atoms with Crippen LogP contribution in [0.2, 0.25) is 10.0 Å². The van der Waals surface area contributed by atoms with Crippen LogP contribution in [0.1, 0.15) is 11.6 Å². The predicted octanol–water partition coefficient (Wildman–Crippen LogP) is 2.91. The summed E-state index contributed by atoms with van der Waals surface area (Å²) in [6.07, 6.45) is -0.588. The quantitative estimate of drug-likeness (QED) is 0.778. The van der Waals surface area contributed by atoms with Gasteiger partial charge in [-0.15, -0.1) is 0 Å². The van der Waals surface area contributed by atoms with Crippen molar-refractivity contribution >= 4 is 29.3 Å². The Bertz CT molecular complexity index is 425. The molecule has 1 aliphatic rings. The van der Waals surface area contributed by atoms with Crippen LogP contribution in [-0.4, -0.2) is 12.7 Å². The summed E-state index contributed by atoms with van der Waals surface area (Å²) in [5, 5.41) is 2.62. The standard InChI is InChI=1S/C9H6Cl2FNO2/c10-4-1-2-5(11)8(12)7(4)6-3-15-9(14)13-6/h1-2,6H,3H2,(H,13,14)/t6-/m1/s1. The SMILES string of the molecule is O=C1N[C@@H](c2c(Cl)ccc(Cl)c2F)CO1. The van der Waals surface area contributed by atoms with Gasteiger partial charge < -0.3 is 10.1 Å². The summed E-state index contributed by atoms with van der Waals surface area (Å²) in [5.41, 5.74) is 0.162. The lowest BCUT2D eigenvalue weighted by Gasteiger charge is -2.11. The molecule has 3 nitrogen and oxygen atoms in total. The van der Waals surface area contributed by atoms with Crippen molar-refractivity contribution in [3.05, 3.63) is 33.6 Å². The van der Waals surface area contributed by atoms with Crippen molar-refractivity contribution < 1.29 is 13.9 Å².